The first kappa shape index (κ1) is 30.9. The average Bonchev–Trinajstić information content (AvgIpc) is 3.15. The van der Waals surface area contributed by atoms with Crippen molar-refractivity contribution in [1.29, 1.82) is 0 Å². The molecule has 0 aromatic carbocycles. The van der Waals surface area contributed by atoms with Crippen LogP contribution in [0.5, 0.6) is 0 Å². The number of nitrogens with one attached hydrogen (secondary N) is 3. The number of alkyl halides is 5. The van der Waals surface area contributed by atoms with Crippen LogP contribution in [0.4, 0.5) is 17.6 Å². The van der Waals surface area contributed by atoms with E-state index in [1.807, 2.05) is 13.8 Å². The maximum absolute atomic E-state index is 13.8. The molecule has 10 nitrogen and oxygen atoms in total. The summed E-state index contributed by atoms with van der Waals surface area (Å²) in [6, 6.07) is -2.79. The van der Waals surface area contributed by atoms with Crippen molar-refractivity contribution in [3.8, 4) is 0 Å². The topological polar surface area (TPSA) is 128 Å². The maximum Gasteiger partial charge on any atom is 0.471 e. The molecule has 0 aromatic rings. The molecule has 3 N–H and O–H groups in total. The third kappa shape index (κ3) is 6.75. The Hall–Kier alpha value is -2.64. The molecule has 3 fully saturated rings. The molecular weight excluding hydrogens is 550 g/mol. The van der Waals surface area contributed by atoms with Gasteiger partial charge in [0.15, 0.2) is 0 Å². The second kappa shape index (κ2) is 10.7. The van der Waals surface area contributed by atoms with Gasteiger partial charge >= 0.3 is 12.1 Å². The Morgan fingerprint density at radius 1 is 1.21 bits per heavy atom. The van der Waals surface area contributed by atoms with Crippen molar-refractivity contribution in [2.75, 3.05) is 19.6 Å². The number of halogens is 5. The second-order valence-electron chi connectivity index (χ2n) is 12.2. The van der Waals surface area contributed by atoms with Gasteiger partial charge in [0.25, 0.3) is 17.4 Å². The van der Waals surface area contributed by atoms with E-state index in [1.54, 1.807) is 26.1 Å². The summed E-state index contributed by atoms with van der Waals surface area (Å²) in [5, 5.41) is 4.95. The summed E-state index contributed by atoms with van der Waals surface area (Å²) in [5.74, 6) is -7.03. The SMILES string of the molecule is CC(C)(C)C[C@H](NC(=O)C(F)(F)F)C(=O)N1C[C@H]2[C@@H]([C@H]1C(=O)NN(C[C@@H]1CCNC1=O)C(=O)[C@H](F)Cl)C2(C)C. The lowest BCUT2D eigenvalue weighted by Crippen LogP contribution is -2.60. The van der Waals surface area contributed by atoms with Crippen molar-refractivity contribution in [2.24, 2.45) is 28.6 Å². The van der Waals surface area contributed by atoms with E-state index in [-0.39, 0.29) is 25.4 Å². The van der Waals surface area contributed by atoms with Gasteiger partial charge in [-0.15, -0.1) is 0 Å². The Morgan fingerprint density at radius 2 is 1.82 bits per heavy atom. The van der Waals surface area contributed by atoms with E-state index < -0.39 is 76.1 Å². The summed E-state index contributed by atoms with van der Waals surface area (Å²) >= 11 is 5.33. The number of carbonyl (C=O) groups excluding carboxylic acids is 5. The van der Waals surface area contributed by atoms with Gasteiger partial charge in [-0.3, -0.25) is 29.4 Å². The van der Waals surface area contributed by atoms with Gasteiger partial charge in [-0.05, 0) is 35.5 Å². The van der Waals surface area contributed by atoms with Gasteiger partial charge < -0.3 is 15.5 Å². The van der Waals surface area contributed by atoms with Crippen LogP contribution >= 0.6 is 11.6 Å². The lowest BCUT2D eigenvalue weighted by atomic mass is 9.87. The molecule has 1 saturated carbocycles. The molecule has 0 spiro atoms. The molecule has 2 aliphatic heterocycles. The Labute approximate surface area is 228 Å². The van der Waals surface area contributed by atoms with Crippen LogP contribution in [0.1, 0.15) is 47.5 Å². The van der Waals surface area contributed by atoms with Gasteiger partial charge in [-0.1, -0.05) is 46.2 Å². The number of fused-ring (bicyclic) bond motifs is 1. The summed E-state index contributed by atoms with van der Waals surface area (Å²) in [6.45, 7) is 8.79. The molecule has 39 heavy (non-hydrogen) atoms. The predicted molar refractivity (Wildman–Crippen MR) is 130 cm³/mol. The molecule has 1 aliphatic carbocycles. The number of rotatable bonds is 7. The molecule has 15 heteroatoms. The number of nitrogens with zero attached hydrogens (tertiary/aromatic N) is 2. The normalized spacial score (nSPS) is 27.2. The molecule has 3 aliphatic rings. The van der Waals surface area contributed by atoms with E-state index in [1.165, 1.54) is 0 Å². The van der Waals surface area contributed by atoms with Crippen molar-refractivity contribution in [1.82, 2.24) is 26.0 Å². The largest absolute Gasteiger partial charge is 0.471 e. The zero-order valence-corrected chi connectivity index (χ0v) is 23.1. The average molecular weight is 584 g/mol. The van der Waals surface area contributed by atoms with Crippen molar-refractivity contribution in [3.05, 3.63) is 0 Å². The molecule has 2 saturated heterocycles. The van der Waals surface area contributed by atoms with Gasteiger partial charge in [-0.2, -0.15) is 13.2 Å². The molecule has 2 heterocycles. The first-order valence-electron chi connectivity index (χ1n) is 12.6. The third-order valence-corrected chi connectivity index (χ3v) is 7.89. The van der Waals surface area contributed by atoms with Crippen LogP contribution in [0.3, 0.4) is 0 Å². The molecule has 0 unspecified atom stereocenters. The number of hydrogen-bond acceptors (Lipinski definition) is 5. The molecular formula is C24H34ClF4N5O5. The zero-order chi connectivity index (χ0) is 29.7. The number of likely N-dealkylation sites (tertiary alicyclic amines) is 1. The number of carbonyl (C=O) groups is 5. The standard InChI is InChI=1S/C24H34ClF4N5O5/c1-22(2,3)8-13(31-21(39)24(27,28)29)19(37)33-10-12-14(23(12,4)5)15(33)18(36)32-34(20(38)16(25)26)9-11-6-7-30-17(11)35/h11-16H,6-10H2,1-5H3,(H,30,35)(H,31,39)(H,32,36)/t11-,12-,13-,14-,15-,16-/m0/s1. The Kier molecular flexibility index (Phi) is 8.50. The highest BCUT2D eigenvalue weighted by molar-refractivity contribution is 6.29. The van der Waals surface area contributed by atoms with Gasteiger partial charge in [0.05, 0.1) is 12.5 Å². The molecule has 220 valence electrons. The van der Waals surface area contributed by atoms with Crippen LogP contribution in [0.15, 0.2) is 0 Å². The van der Waals surface area contributed by atoms with E-state index in [0.29, 0.717) is 18.0 Å². The molecule has 5 amide bonds. The minimum absolute atomic E-state index is 0.0390. The zero-order valence-electron chi connectivity index (χ0n) is 22.3. The Morgan fingerprint density at radius 3 is 2.31 bits per heavy atom. The van der Waals surface area contributed by atoms with Gasteiger partial charge in [0.2, 0.25) is 11.8 Å². The van der Waals surface area contributed by atoms with Crippen LogP contribution in [0.2, 0.25) is 0 Å². The van der Waals surface area contributed by atoms with E-state index in [9.17, 15) is 41.5 Å². The van der Waals surface area contributed by atoms with E-state index in [4.69, 9.17) is 11.6 Å². The van der Waals surface area contributed by atoms with Gasteiger partial charge in [-0.25, -0.2) is 9.40 Å². The smallest absolute Gasteiger partial charge is 0.356 e. The summed E-state index contributed by atoms with van der Waals surface area (Å²) in [5.41, 5.74) is -1.29. The highest BCUT2D eigenvalue weighted by atomic mass is 35.5. The highest BCUT2D eigenvalue weighted by Crippen LogP contribution is 2.65. The fourth-order valence-electron chi connectivity index (χ4n) is 5.61. The van der Waals surface area contributed by atoms with Crippen LogP contribution in [0, 0.1) is 28.6 Å². The van der Waals surface area contributed by atoms with Crippen LogP contribution < -0.4 is 16.1 Å². The van der Waals surface area contributed by atoms with Crippen molar-refractivity contribution < 1.29 is 41.5 Å². The summed E-state index contributed by atoms with van der Waals surface area (Å²) in [4.78, 5) is 64.4. The predicted octanol–water partition coefficient (Wildman–Crippen LogP) is 1.48. The third-order valence-electron chi connectivity index (χ3n) is 7.70. The van der Waals surface area contributed by atoms with Crippen LogP contribution in [0.25, 0.3) is 0 Å². The summed E-state index contributed by atoms with van der Waals surface area (Å²) in [7, 11) is 0. The lowest BCUT2D eigenvalue weighted by molar-refractivity contribution is -0.175. The van der Waals surface area contributed by atoms with E-state index in [2.05, 4.69) is 10.7 Å². The molecule has 0 bridgehead atoms. The van der Waals surface area contributed by atoms with Crippen LogP contribution in [-0.4, -0.2) is 83.0 Å². The van der Waals surface area contributed by atoms with Crippen molar-refractivity contribution in [3.63, 3.8) is 0 Å². The quantitative estimate of drug-likeness (QED) is 0.238. The Bertz CT molecular complexity index is 1030. The van der Waals surface area contributed by atoms with Crippen LogP contribution in [-0.2, 0) is 24.0 Å². The second-order valence-corrected chi connectivity index (χ2v) is 12.6. The molecule has 3 rings (SSSR count). The van der Waals surface area contributed by atoms with Crippen molar-refractivity contribution >= 4 is 41.1 Å². The molecule has 6 atom stereocenters. The van der Waals surface area contributed by atoms with Gasteiger partial charge in [0, 0.05) is 13.1 Å². The summed E-state index contributed by atoms with van der Waals surface area (Å²) in [6.07, 6.45) is -5.04. The minimum Gasteiger partial charge on any atom is -0.356 e. The number of hydrazine groups is 1. The van der Waals surface area contributed by atoms with E-state index in [0.717, 1.165) is 4.90 Å². The lowest BCUT2D eigenvalue weighted by Gasteiger charge is -2.36. The van der Waals surface area contributed by atoms with Gasteiger partial charge in [0.1, 0.15) is 12.1 Å². The fraction of sp³-hybridized carbons (Fsp3) is 0.792. The Balaban J connectivity index is 1.87. The molecule has 0 radical (unpaired) electrons. The maximum atomic E-state index is 13.8. The highest BCUT2D eigenvalue weighted by Gasteiger charge is 2.69. The fourth-order valence-corrected chi connectivity index (χ4v) is 5.73. The number of amides is 5. The molecule has 0 aromatic heterocycles. The van der Waals surface area contributed by atoms with Crippen molar-refractivity contribution in [2.45, 2.75) is 71.4 Å². The first-order chi connectivity index (χ1) is 17.8. The first-order valence-corrected chi connectivity index (χ1v) is 13.0. The van der Waals surface area contributed by atoms with E-state index >= 15 is 0 Å². The number of hydrogen-bond donors (Lipinski definition) is 3. The monoisotopic (exact) mass is 583 g/mol. The summed E-state index contributed by atoms with van der Waals surface area (Å²) < 4.78 is 52.9. The number of piperidine rings is 1. The minimum atomic E-state index is -5.22.